The fraction of sp³-hybridized carbons (Fsp3) is 0.391. The Bertz CT molecular complexity index is 747. The van der Waals surface area contributed by atoms with Crippen LogP contribution in [0.2, 0.25) is 0 Å². The van der Waals surface area contributed by atoms with Gasteiger partial charge in [-0.1, -0.05) is 38.1 Å². The summed E-state index contributed by atoms with van der Waals surface area (Å²) in [4.78, 5) is 23.9. The van der Waals surface area contributed by atoms with Crippen LogP contribution in [0, 0.1) is 0 Å². The highest BCUT2D eigenvalue weighted by molar-refractivity contribution is 5.90. The molecule has 2 rings (SSSR count). The topological polar surface area (TPSA) is 123 Å². The third kappa shape index (κ3) is 8.27. The molecule has 6 N–H and O–H groups in total. The van der Waals surface area contributed by atoms with Gasteiger partial charge in [-0.3, -0.25) is 0 Å². The van der Waals surface area contributed by atoms with E-state index in [1.807, 2.05) is 62.4 Å². The van der Waals surface area contributed by atoms with Gasteiger partial charge in [-0.25, -0.2) is 9.59 Å². The second-order valence-corrected chi connectivity index (χ2v) is 7.34. The largest absolute Gasteiger partial charge is 0.394 e. The lowest BCUT2D eigenvalue weighted by Crippen LogP contribution is -2.39. The molecule has 2 aromatic carbocycles. The monoisotopic (exact) mass is 428 g/mol. The Hall–Kier alpha value is -3.10. The zero-order chi connectivity index (χ0) is 22.6. The van der Waals surface area contributed by atoms with Gasteiger partial charge in [0.15, 0.2) is 0 Å². The molecule has 0 heterocycles. The lowest BCUT2D eigenvalue weighted by Gasteiger charge is -2.15. The molecule has 31 heavy (non-hydrogen) atoms. The molecule has 0 aliphatic rings. The molecule has 168 valence electrons. The Labute approximate surface area is 183 Å². The summed E-state index contributed by atoms with van der Waals surface area (Å²) in [6.07, 6.45) is 2.03. The van der Waals surface area contributed by atoms with Gasteiger partial charge in [-0.15, -0.1) is 0 Å². The first-order chi connectivity index (χ1) is 15.0. The van der Waals surface area contributed by atoms with Crippen LogP contribution in [0.15, 0.2) is 48.5 Å². The Kier molecular flexibility index (Phi) is 9.80. The zero-order valence-corrected chi connectivity index (χ0v) is 18.0. The van der Waals surface area contributed by atoms with Gasteiger partial charge in [0.2, 0.25) is 0 Å². The molecule has 0 radical (unpaired) electrons. The molecule has 2 atom stereocenters. The number of amides is 4. The maximum atomic E-state index is 11.9. The van der Waals surface area contributed by atoms with E-state index in [4.69, 9.17) is 10.2 Å². The quantitative estimate of drug-likeness (QED) is 0.348. The smallest absolute Gasteiger partial charge is 0.319 e. The summed E-state index contributed by atoms with van der Waals surface area (Å²) in [5.41, 5.74) is 3.51. The van der Waals surface area contributed by atoms with E-state index in [0.29, 0.717) is 30.6 Å². The predicted octanol–water partition coefficient (Wildman–Crippen LogP) is 3.06. The van der Waals surface area contributed by atoms with Gasteiger partial charge in [0.1, 0.15) is 0 Å². The van der Waals surface area contributed by atoms with Crippen molar-refractivity contribution in [2.24, 2.45) is 0 Å². The standard InChI is InChI=1S/C23H32N4O4/c1-3-18(14-28)24-22(30)26-20-9-5-16(6-10-20)13-17-7-11-21(12-8-17)27-23(31)25-19(4-2)15-29/h5-12,18-19,28-29H,3-4,13-15H2,1-2H3,(H2,24,26,30)(H2,25,27,31)/t18-,19-/m1/s1. The maximum absolute atomic E-state index is 11.9. The van der Waals surface area contributed by atoms with Crippen LogP contribution >= 0.6 is 0 Å². The highest BCUT2D eigenvalue weighted by Crippen LogP contribution is 2.16. The highest BCUT2D eigenvalue weighted by Gasteiger charge is 2.10. The fourth-order valence-corrected chi connectivity index (χ4v) is 2.91. The van der Waals surface area contributed by atoms with E-state index in [1.165, 1.54) is 0 Å². The summed E-state index contributed by atoms with van der Waals surface area (Å²) in [5, 5.41) is 29.2. The molecule has 0 fully saturated rings. The molecule has 8 nitrogen and oxygen atoms in total. The van der Waals surface area contributed by atoms with E-state index in [9.17, 15) is 9.59 Å². The van der Waals surface area contributed by atoms with E-state index in [1.54, 1.807) is 0 Å². The number of carbonyl (C=O) groups is 2. The number of hydrogen-bond acceptors (Lipinski definition) is 4. The van der Waals surface area contributed by atoms with Crippen molar-refractivity contribution in [1.82, 2.24) is 10.6 Å². The molecule has 2 aromatic rings. The van der Waals surface area contributed by atoms with Crippen LogP contribution in [-0.2, 0) is 6.42 Å². The van der Waals surface area contributed by atoms with Crippen LogP contribution < -0.4 is 21.3 Å². The number of rotatable bonds is 10. The van der Waals surface area contributed by atoms with Crippen molar-refractivity contribution >= 4 is 23.4 Å². The van der Waals surface area contributed by atoms with Crippen molar-refractivity contribution in [3.05, 3.63) is 59.7 Å². The number of carbonyl (C=O) groups excluding carboxylic acids is 2. The van der Waals surface area contributed by atoms with Gasteiger partial charge in [0, 0.05) is 11.4 Å². The van der Waals surface area contributed by atoms with Crippen molar-refractivity contribution in [3.63, 3.8) is 0 Å². The molecule has 0 aromatic heterocycles. The number of urea groups is 2. The van der Waals surface area contributed by atoms with Crippen LogP contribution in [0.3, 0.4) is 0 Å². The van der Waals surface area contributed by atoms with Gasteiger partial charge in [-0.2, -0.15) is 0 Å². The van der Waals surface area contributed by atoms with E-state index >= 15 is 0 Å². The molecular formula is C23H32N4O4. The van der Waals surface area contributed by atoms with Gasteiger partial charge >= 0.3 is 12.1 Å². The Morgan fingerprint density at radius 3 is 1.35 bits per heavy atom. The molecule has 8 heteroatoms. The molecule has 0 bridgehead atoms. The van der Waals surface area contributed by atoms with Gasteiger partial charge in [0.25, 0.3) is 0 Å². The van der Waals surface area contributed by atoms with Crippen molar-refractivity contribution in [2.45, 2.75) is 45.2 Å². The van der Waals surface area contributed by atoms with E-state index < -0.39 is 0 Å². The number of benzene rings is 2. The van der Waals surface area contributed by atoms with Crippen molar-refractivity contribution < 1.29 is 19.8 Å². The van der Waals surface area contributed by atoms with Gasteiger partial charge in [0.05, 0.1) is 25.3 Å². The van der Waals surface area contributed by atoms with Crippen LogP contribution in [0.4, 0.5) is 21.0 Å². The van der Waals surface area contributed by atoms with Crippen molar-refractivity contribution in [2.75, 3.05) is 23.8 Å². The zero-order valence-electron chi connectivity index (χ0n) is 18.0. The molecule has 0 spiro atoms. The third-order valence-electron chi connectivity index (χ3n) is 4.93. The van der Waals surface area contributed by atoms with E-state index in [2.05, 4.69) is 21.3 Å². The molecule has 0 aliphatic carbocycles. The summed E-state index contributed by atoms with van der Waals surface area (Å²) in [6, 6.07) is 13.9. The van der Waals surface area contributed by atoms with E-state index in [-0.39, 0.29) is 37.4 Å². The lowest BCUT2D eigenvalue weighted by atomic mass is 10.0. The lowest BCUT2D eigenvalue weighted by molar-refractivity contribution is 0.222. The summed E-state index contributed by atoms with van der Waals surface area (Å²) in [6.45, 7) is 3.60. The molecule has 4 amide bonds. The number of anilines is 2. The Morgan fingerprint density at radius 2 is 1.06 bits per heavy atom. The Morgan fingerprint density at radius 1 is 0.710 bits per heavy atom. The van der Waals surface area contributed by atoms with E-state index in [0.717, 1.165) is 11.1 Å². The van der Waals surface area contributed by atoms with Gasteiger partial charge in [-0.05, 0) is 54.7 Å². The summed E-state index contributed by atoms with van der Waals surface area (Å²) < 4.78 is 0. The molecule has 0 aliphatic heterocycles. The maximum Gasteiger partial charge on any atom is 0.319 e. The summed E-state index contributed by atoms with van der Waals surface area (Å²) in [5.74, 6) is 0. The summed E-state index contributed by atoms with van der Waals surface area (Å²) in [7, 11) is 0. The number of nitrogens with one attached hydrogen (secondary N) is 4. The van der Waals surface area contributed by atoms with Crippen molar-refractivity contribution in [1.29, 1.82) is 0 Å². The minimum Gasteiger partial charge on any atom is -0.394 e. The van der Waals surface area contributed by atoms with Crippen LogP contribution in [-0.4, -0.2) is 47.6 Å². The summed E-state index contributed by atoms with van der Waals surface area (Å²) >= 11 is 0. The number of aliphatic hydroxyl groups excluding tert-OH is 2. The molecule has 0 saturated carbocycles. The highest BCUT2D eigenvalue weighted by atomic mass is 16.3. The first-order valence-electron chi connectivity index (χ1n) is 10.5. The molecular weight excluding hydrogens is 396 g/mol. The van der Waals surface area contributed by atoms with Crippen LogP contribution in [0.5, 0.6) is 0 Å². The Balaban J connectivity index is 1.86. The minimum atomic E-state index is -0.343. The predicted molar refractivity (Wildman–Crippen MR) is 122 cm³/mol. The second kappa shape index (κ2) is 12.6. The number of hydrogen-bond donors (Lipinski definition) is 6. The molecule has 0 unspecified atom stereocenters. The average molecular weight is 429 g/mol. The molecule has 0 saturated heterocycles. The second-order valence-electron chi connectivity index (χ2n) is 7.34. The van der Waals surface area contributed by atoms with Crippen LogP contribution in [0.1, 0.15) is 37.8 Å². The fourth-order valence-electron chi connectivity index (χ4n) is 2.91. The first kappa shape index (κ1) is 24.2. The SMILES string of the molecule is CC[C@H](CO)NC(=O)Nc1ccc(Cc2ccc(NC(=O)N[C@H](CC)CO)cc2)cc1. The normalized spacial score (nSPS) is 12.5. The average Bonchev–Trinajstić information content (AvgIpc) is 2.78. The van der Waals surface area contributed by atoms with Crippen molar-refractivity contribution in [3.8, 4) is 0 Å². The third-order valence-corrected chi connectivity index (χ3v) is 4.93. The minimum absolute atomic E-state index is 0.0935. The van der Waals surface area contributed by atoms with Crippen LogP contribution in [0.25, 0.3) is 0 Å². The first-order valence-corrected chi connectivity index (χ1v) is 10.5. The van der Waals surface area contributed by atoms with Gasteiger partial charge < -0.3 is 31.5 Å². The number of aliphatic hydroxyl groups is 2.